The summed E-state index contributed by atoms with van der Waals surface area (Å²) >= 11 is 0. The molecule has 1 aromatic carbocycles. The molecule has 2 atom stereocenters. The summed E-state index contributed by atoms with van der Waals surface area (Å²) in [5.41, 5.74) is 1.11. The molecule has 4 rings (SSSR count). The van der Waals surface area contributed by atoms with E-state index >= 15 is 0 Å². The zero-order valence-corrected chi connectivity index (χ0v) is 21.8. The van der Waals surface area contributed by atoms with Crippen LogP contribution < -0.4 is 0 Å². The van der Waals surface area contributed by atoms with Crippen molar-refractivity contribution in [2.75, 3.05) is 0 Å². The summed E-state index contributed by atoms with van der Waals surface area (Å²) in [5.74, 6) is -1.60. The fourth-order valence-corrected chi connectivity index (χ4v) is 5.86. The molecule has 192 valence electrons. The Kier molecular flexibility index (Phi) is 7.36. The van der Waals surface area contributed by atoms with Crippen molar-refractivity contribution in [3.05, 3.63) is 52.6 Å². The van der Waals surface area contributed by atoms with Crippen LogP contribution in [-0.2, 0) is 39.1 Å². The van der Waals surface area contributed by atoms with Gasteiger partial charge in [-0.15, -0.1) is 0 Å². The van der Waals surface area contributed by atoms with Crippen LogP contribution in [-0.4, -0.2) is 27.1 Å². The fraction of sp³-hybridized carbons (Fsp3) is 0.586. The van der Waals surface area contributed by atoms with Crippen LogP contribution in [0.5, 0.6) is 0 Å². The number of carbonyl (C=O) groups is 2. The van der Waals surface area contributed by atoms with Crippen molar-refractivity contribution in [3.63, 3.8) is 0 Å². The van der Waals surface area contributed by atoms with E-state index < -0.39 is 28.7 Å². The lowest BCUT2D eigenvalue weighted by Gasteiger charge is -2.43. The van der Waals surface area contributed by atoms with Crippen LogP contribution in [0.1, 0.15) is 81.7 Å². The third-order valence-corrected chi connectivity index (χ3v) is 8.17. The Hall–Kier alpha value is -3.01. The first-order valence-electron chi connectivity index (χ1n) is 13.1. The Bertz CT molecular complexity index is 1170. The van der Waals surface area contributed by atoms with E-state index in [0.29, 0.717) is 24.8 Å². The predicted octanol–water partition coefficient (Wildman–Crippen LogP) is 5.39. The summed E-state index contributed by atoms with van der Waals surface area (Å²) in [6, 6.07) is 7.12. The summed E-state index contributed by atoms with van der Waals surface area (Å²) in [5, 5.41) is 13.8. The van der Waals surface area contributed by atoms with E-state index in [-0.39, 0.29) is 18.1 Å². The van der Waals surface area contributed by atoms with Gasteiger partial charge < -0.3 is 4.74 Å². The number of benzene rings is 1. The number of nitrogens with zero attached hydrogens (tertiary/aromatic N) is 3. The number of Topliss-reactive ketones (excluding diaryl/α,β-unsaturated/α-hetero) is 1. The molecule has 2 aromatic rings. The summed E-state index contributed by atoms with van der Waals surface area (Å²) in [6.07, 6.45) is 7.37. The van der Waals surface area contributed by atoms with Gasteiger partial charge in [0, 0.05) is 24.7 Å². The third-order valence-electron chi connectivity index (χ3n) is 8.17. The van der Waals surface area contributed by atoms with Gasteiger partial charge in [0.15, 0.2) is 5.78 Å². The molecule has 0 bridgehead atoms. The van der Waals surface area contributed by atoms with Gasteiger partial charge >= 0.3 is 5.97 Å². The van der Waals surface area contributed by atoms with Crippen LogP contribution in [0.25, 0.3) is 0 Å². The lowest BCUT2D eigenvalue weighted by Crippen LogP contribution is -2.52. The second-order valence-corrected chi connectivity index (χ2v) is 11.0. The molecule has 7 heteroatoms. The number of carbonyl (C=O) groups excluding carboxylic acids is 2. The first kappa shape index (κ1) is 26.1. The van der Waals surface area contributed by atoms with Crippen molar-refractivity contribution in [2.24, 2.45) is 11.8 Å². The van der Waals surface area contributed by atoms with Crippen LogP contribution >= 0.6 is 0 Å². The van der Waals surface area contributed by atoms with Gasteiger partial charge in [0.05, 0.1) is 17.2 Å². The maximum atomic E-state index is 14.8. The minimum Gasteiger partial charge on any atom is -0.458 e. The molecule has 2 heterocycles. The maximum Gasteiger partial charge on any atom is 0.317 e. The molecule has 1 aliphatic carbocycles. The number of aromatic nitrogens is 2. The lowest BCUT2D eigenvalue weighted by atomic mass is 9.73. The van der Waals surface area contributed by atoms with E-state index in [1.54, 1.807) is 19.9 Å². The minimum absolute atomic E-state index is 0.0703. The van der Waals surface area contributed by atoms with Crippen molar-refractivity contribution >= 4 is 11.8 Å². The number of aryl methyl sites for hydroxylation is 3. The molecule has 1 saturated heterocycles. The molecular weight excluding hydrogens is 457 g/mol. The third kappa shape index (κ3) is 5.09. The quantitative estimate of drug-likeness (QED) is 0.364. The summed E-state index contributed by atoms with van der Waals surface area (Å²) in [7, 11) is 0. The van der Waals surface area contributed by atoms with Crippen molar-refractivity contribution in [2.45, 2.75) is 96.6 Å². The van der Waals surface area contributed by atoms with E-state index in [1.165, 1.54) is 6.07 Å². The molecule has 36 heavy (non-hydrogen) atoms. The molecule has 1 saturated carbocycles. The first-order valence-corrected chi connectivity index (χ1v) is 13.1. The van der Waals surface area contributed by atoms with Gasteiger partial charge in [-0.1, -0.05) is 25.0 Å². The van der Waals surface area contributed by atoms with E-state index in [0.717, 1.165) is 49.0 Å². The number of rotatable bonds is 8. The monoisotopic (exact) mass is 493 g/mol. The zero-order valence-electron chi connectivity index (χ0n) is 21.8. The largest absolute Gasteiger partial charge is 0.458 e. The van der Waals surface area contributed by atoms with Crippen molar-refractivity contribution in [1.82, 2.24) is 9.78 Å². The normalized spacial score (nSPS) is 23.1. The molecule has 0 N–H and O–H groups in total. The SMILES string of the molecule is CCn1cc(CC2C(=O)CC(CCc3ccc(C(C)(C)C#N)c(F)c3)(C3CCCC3)OC2=O)c(C)n1. The average Bonchev–Trinajstić information content (AvgIpc) is 3.50. The summed E-state index contributed by atoms with van der Waals surface area (Å²) in [4.78, 5) is 26.7. The molecule has 2 aliphatic rings. The molecule has 6 nitrogen and oxygen atoms in total. The Labute approximate surface area is 212 Å². The Morgan fingerprint density at radius 1 is 1.28 bits per heavy atom. The number of halogens is 1. The number of ketones is 1. The first-order chi connectivity index (χ1) is 17.1. The Morgan fingerprint density at radius 3 is 2.58 bits per heavy atom. The van der Waals surface area contributed by atoms with Crippen LogP contribution in [0.3, 0.4) is 0 Å². The number of nitriles is 1. The molecule has 1 aliphatic heterocycles. The van der Waals surface area contributed by atoms with Gasteiger partial charge in [0.2, 0.25) is 0 Å². The fourth-order valence-electron chi connectivity index (χ4n) is 5.86. The van der Waals surface area contributed by atoms with Crippen molar-refractivity contribution < 1.29 is 18.7 Å². The molecule has 2 fully saturated rings. The van der Waals surface area contributed by atoms with Crippen LogP contribution in [0.15, 0.2) is 24.4 Å². The second kappa shape index (κ2) is 10.2. The summed E-state index contributed by atoms with van der Waals surface area (Å²) in [6.45, 7) is 8.00. The second-order valence-electron chi connectivity index (χ2n) is 11.0. The molecule has 0 spiro atoms. The van der Waals surface area contributed by atoms with Gasteiger partial charge in [-0.3, -0.25) is 14.3 Å². The van der Waals surface area contributed by atoms with E-state index in [4.69, 9.17) is 4.74 Å². The Morgan fingerprint density at radius 2 is 2.00 bits per heavy atom. The molecule has 0 amide bonds. The van der Waals surface area contributed by atoms with Crippen molar-refractivity contribution in [1.29, 1.82) is 5.26 Å². The molecule has 0 radical (unpaired) electrons. The lowest BCUT2D eigenvalue weighted by molar-refractivity contribution is -0.185. The molecule has 2 unspecified atom stereocenters. The van der Waals surface area contributed by atoms with Crippen LogP contribution in [0.4, 0.5) is 4.39 Å². The topological polar surface area (TPSA) is 85.0 Å². The number of hydrogen-bond donors (Lipinski definition) is 0. The summed E-state index contributed by atoms with van der Waals surface area (Å²) < 4.78 is 22.9. The van der Waals surface area contributed by atoms with E-state index in [1.807, 2.05) is 30.8 Å². The Balaban J connectivity index is 1.53. The van der Waals surface area contributed by atoms with Gasteiger partial charge in [0.1, 0.15) is 17.3 Å². The van der Waals surface area contributed by atoms with Gasteiger partial charge in [-0.05, 0) is 82.9 Å². The molecule has 1 aromatic heterocycles. The highest BCUT2D eigenvalue weighted by Crippen LogP contribution is 2.45. The smallest absolute Gasteiger partial charge is 0.317 e. The van der Waals surface area contributed by atoms with E-state index in [9.17, 15) is 19.2 Å². The predicted molar refractivity (Wildman–Crippen MR) is 134 cm³/mol. The van der Waals surface area contributed by atoms with Gasteiger partial charge in [0.25, 0.3) is 0 Å². The number of esters is 1. The highest BCUT2D eigenvalue weighted by Gasteiger charge is 2.51. The number of ether oxygens (including phenoxy) is 1. The highest BCUT2D eigenvalue weighted by molar-refractivity contribution is 6.01. The standard InChI is InChI=1S/C29H36FN3O3/c1-5-33-17-21(19(2)32-33)15-23-26(34)16-29(36-27(23)35,22-8-6-7-9-22)13-12-20-10-11-24(25(30)14-20)28(3,4)18-31/h10-11,14,17,22-23H,5-9,12-13,15-16H2,1-4H3. The zero-order chi connectivity index (χ0) is 26.1. The van der Waals surface area contributed by atoms with E-state index in [2.05, 4.69) is 11.2 Å². The average molecular weight is 494 g/mol. The number of hydrogen-bond acceptors (Lipinski definition) is 5. The van der Waals surface area contributed by atoms with Crippen LogP contribution in [0.2, 0.25) is 0 Å². The highest BCUT2D eigenvalue weighted by atomic mass is 19.1. The maximum absolute atomic E-state index is 14.8. The minimum atomic E-state index is -0.917. The number of cyclic esters (lactones) is 1. The molecular formula is C29H36FN3O3. The van der Waals surface area contributed by atoms with Gasteiger partial charge in [-0.2, -0.15) is 10.4 Å². The van der Waals surface area contributed by atoms with Crippen molar-refractivity contribution in [3.8, 4) is 6.07 Å². The van der Waals surface area contributed by atoms with Gasteiger partial charge in [-0.25, -0.2) is 4.39 Å². The van der Waals surface area contributed by atoms with Crippen LogP contribution in [0, 0.1) is 35.9 Å².